The van der Waals surface area contributed by atoms with E-state index in [1.54, 1.807) is 6.07 Å². The molecule has 0 aliphatic carbocycles. The summed E-state index contributed by atoms with van der Waals surface area (Å²) in [5.74, 6) is 0.0720. The van der Waals surface area contributed by atoms with E-state index in [0.29, 0.717) is 5.75 Å². The fourth-order valence-electron chi connectivity index (χ4n) is 3.21. The molecular weight excluding hydrogens is 591 g/mol. The van der Waals surface area contributed by atoms with Crippen molar-refractivity contribution in [1.82, 2.24) is 5.32 Å². The van der Waals surface area contributed by atoms with Crippen molar-refractivity contribution >= 4 is 86.5 Å². The van der Waals surface area contributed by atoms with Crippen molar-refractivity contribution < 1.29 is 19.7 Å². The Kier molecular flexibility index (Phi) is 9.70. The molecule has 0 saturated heterocycles. The van der Waals surface area contributed by atoms with Gasteiger partial charge in [0.1, 0.15) is 17.2 Å². The van der Waals surface area contributed by atoms with Crippen LogP contribution in [0.1, 0.15) is 11.1 Å². The lowest BCUT2D eigenvalue weighted by Gasteiger charge is -2.14. The molecule has 0 fully saturated rings. The SMILES string of the molecule is CNC(=O)Oc1cccc2ccccc12.Oc1c(Cl)cc(Cl)c(Cl)c1Cc1c(O)c(Cl)cc(Cl)c1Cl. The van der Waals surface area contributed by atoms with E-state index in [4.69, 9.17) is 74.3 Å². The Morgan fingerprint density at radius 1 is 0.778 bits per heavy atom. The van der Waals surface area contributed by atoms with E-state index in [9.17, 15) is 15.0 Å². The summed E-state index contributed by atoms with van der Waals surface area (Å²) in [6, 6.07) is 16.0. The van der Waals surface area contributed by atoms with Crippen LogP contribution in [0.3, 0.4) is 0 Å². The largest absolute Gasteiger partial charge is 0.506 e. The van der Waals surface area contributed by atoms with E-state index in [-0.39, 0.29) is 59.2 Å². The molecule has 188 valence electrons. The number of halogens is 6. The molecule has 0 spiro atoms. The maximum atomic E-state index is 11.1. The van der Waals surface area contributed by atoms with Crippen molar-refractivity contribution in [1.29, 1.82) is 0 Å². The van der Waals surface area contributed by atoms with E-state index in [2.05, 4.69) is 5.32 Å². The summed E-state index contributed by atoms with van der Waals surface area (Å²) in [5, 5.41) is 25.0. The Hall–Kier alpha value is -2.25. The minimum Gasteiger partial charge on any atom is -0.506 e. The number of phenols is 2. The minimum atomic E-state index is -0.452. The van der Waals surface area contributed by atoms with E-state index in [0.717, 1.165) is 10.8 Å². The first-order valence-electron chi connectivity index (χ1n) is 10.1. The summed E-state index contributed by atoms with van der Waals surface area (Å²) in [6.45, 7) is 0. The molecule has 5 nitrogen and oxygen atoms in total. The highest BCUT2D eigenvalue weighted by Gasteiger charge is 2.21. The molecule has 11 heteroatoms. The van der Waals surface area contributed by atoms with Crippen molar-refractivity contribution in [2.24, 2.45) is 0 Å². The Balaban J connectivity index is 0.000000212. The van der Waals surface area contributed by atoms with Gasteiger partial charge in [0.2, 0.25) is 0 Å². The molecule has 1 amide bonds. The first-order valence-corrected chi connectivity index (χ1v) is 12.4. The van der Waals surface area contributed by atoms with Gasteiger partial charge in [0.15, 0.2) is 0 Å². The van der Waals surface area contributed by atoms with Crippen LogP contribution in [0.4, 0.5) is 4.79 Å². The van der Waals surface area contributed by atoms with Crippen LogP contribution < -0.4 is 10.1 Å². The van der Waals surface area contributed by atoms with Crippen molar-refractivity contribution in [2.75, 3.05) is 7.05 Å². The molecule has 0 radical (unpaired) electrons. The minimum absolute atomic E-state index is 0.0307. The number of rotatable bonds is 3. The van der Waals surface area contributed by atoms with E-state index in [1.165, 1.54) is 19.2 Å². The summed E-state index contributed by atoms with van der Waals surface area (Å²) in [7, 11) is 1.54. The zero-order valence-corrected chi connectivity index (χ0v) is 22.9. The number of ether oxygens (including phenoxy) is 1. The maximum absolute atomic E-state index is 11.1. The Bertz CT molecular complexity index is 1330. The fraction of sp³-hybridized carbons (Fsp3) is 0.0800. The summed E-state index contributed by atoms with van der Waals surface area (Å²) in [6.07, 6.45) is -0.498. The molecule has 0 bridgehead atoms. The molecule has 4 aromatic carbocycles. The molecule has 4 aromatic rings. The van der Waals surface area contributed by atoms with E-state index < -0.39 is 6.09 Å². The van der Waals surface area contributed by atoms with Gasteiger partial charge in [-0.05, 0) is 23.6 Å². The highest BCUT2D eigenvalue weighted by Crippen LogP contribution is 2.44. The number of hydrogen-bond donors (Lipinski definition) is 3. The zero-order valence-electron chi connectivity index (χ0n) is 18.4. The normalized spacial score (nSPS) is 10.5. The molecule has 0 aliphatic heterocycles. The average molecular weight is 608 g/mol. The molecule has 0 heterocycles. The second-order valence-corrected chi connectivity index (χ2v) is 9.64. The Labute approximate surface area is 237 Å². The van der Waals surface area contributed by atoms with Crippen LogP contribution in [0.15, 0.2) is 54.6 Å². The van der Waals surface area contributed by atoms with Crippen molar-refractivity contribution in [3.63, 3.8) is 0 Å². The van der Waals surface area contributed by atoms with E-state index in [1.807, 2.05) is 36.4 Å². The summed E-state index contributed by atoms with van der Waals surface area (Å²) in [4.78, 5) is 11.1. The van der Waals surface area contributed by atoms with Crippen molar-refractivity contribution in [2.45, 2.75) is 6.42 Å². The second kappa shape index (κ2) is 12.3. The first-order chi connectivity index (χ1) is 17.0. The van der Waals surface area contributed by atoms with Gasteiger partial charge in [0.25, 0.3) is 0 Å². The number of hydrogen-bond acceptors (Lipinski definition) is 4. The third-order valence-corrected chi connectivity index (χ3v) is 7.22. The molecule has 0 aliphatic rings. The van der Waals surface area contributed by atoms with Gasteiger partial charge in [0.05, 0.1) is 30.1 Å². The van der Waals surface area contributed by atoms with Crippen LogP contribution in [0.25, 0.3) is 10.8 Å². The van der Waals surface area contributed by atoms with Crippen LogP contribution in [-0.4, -0.2) is 23.4 Å². The number of benzene rings is 4. The number of carbonyl (C=O) groups excluding carboxylic acids is 1. The monoisotopic (exact) mass is 605 g/mol. The van der Waals surface area contributed by atoms with Gasteiger partial charge in [-0.15, -0.1) is 0 Å². The standard InChI is InChI=1S/C13H6Cl6O2.C12H11NO2/c14-6-2-8(16)12(20)4(10(6)18)1-5-11(19)7(15)3-9(17)13(5)21;1-13-12(14)15-11-8-4-6-9-5-2-3-7-10(9)11/h2-3,20-21H,1H2;2-8H,1H3,(H,13,14). The lowest BCUT2D eigenvalue weighted by atomic mass is 10.0. The molecular formula is C25H17Cl6NO4. The van der Waals surface area contributed by atoms with Crippen LogP contribution in [0.2, 0.25) is 30.1 Å². The highest BCUT2D eigenvalue weighted by atomic mass is 35.5. The molecule has 0 atom stereocenters. The molecule has 0 saturated carbocycles. The topological polar surface area (TPSA) is 78.8 Å². The summed E-state index contributed by atoms with van der Waals surface area (Å²) >= 11 is 35.7. The quantitative estimate of drug-likeness (QED) is 0.203. The Morgan fingerprint density at radius 3 is 1.81 bits per heavy atom. The first kappa shape index (κ1) is 28.3. The third-order valence-electron chi connectivity index (χ3n) is 4.99. The van der Waals surface area contributed by atoms with Gasteiger partial charge in [-0.1, -0.05) is 106 Å². The second-order valence-electron chi connectivity index (χ2n) is 7.26. The van der Waals surface area contributed by atoms with Gasteiger partial charge in [-0.25, -0.2) is 4.79 Å². The maximum Gasteiger partial charge on any atom is 0.412 e. The molecule has 0 unspecified atom stereocenters. The lowest BCUT2D eigenvalue weighted by molar-refractivity contribution is 0.203. The molecule has 4 rings (SSSR count). The molecule has 3 N–H and O–H groups in total. The molecule has 36 heavy (non-hydrogen) atoms. The lowest BCUT2D eigenvalue weighted by Crippen LogP contribution is -2.22. The van der Waals surface area contributed by atoms with Crippen LogP contribution >= 0.6 is 69.6 Å². The molecule has 0 aromatic heterocycles. The van der Waals surface area contributed by atoms with Crippen molar-refractivity contribution in [3.8, 4) is 17.2 Å². The van der Waals surface area contributed by atoms with Gasteiger partial charge in [0, 0.05) is 30.0 Å². The predicted octanol–water partition coefficient (Wildman–Crippen LogP) is 9.17. The number of aromatic hydroxyl groups is 2. The summed E-state index contributed by atoms with van der Waals surface area (Å²) < 4.78 is 5.13. The smallest absolute Gasteiger partial charge is 0.412 e. The third kappa shape index (κ3) is 6.35. The number of fused-ring (bicyclic) bond motifs is 1. The number of carbonyl (C=O) groups is 1. The van der Waals surface area contributed by atoms with Crippen LogP contribution in [-0.2, 0) is 6.42 Å². The number of amides is 1. The highest BCUT2D eigenvalue weighted by molar-refractivity contribution is 6.45. The van der Waals surface area contributed by atoms with Crippen LogP contribution in [0, 0.1) is 0 Å². The summed E-state index contributed by atoms with van der Waals surface area (Å²) in [5.41, 5.74) is 0.425. The number of phenolic OH excluding ortho intramolecular Hbond substituents is 2. The fourth-order valence-corrected chi connectivity index (χ4v) is 4.63. The average Bonchev–Trinajstić information content (AvgIpc) is 2.86. The zero-order chi connectivity index (χ0) is 26.6. The van der Waals surface area contributed by atoms with Gasteiger partial charge in [-0.2, -0.15) is 0 Å². The van der Waals surface area contributed by atoms with Crippen LogP contribution in [0.5, 0.6) is 17.2 Å². The van der Waals surface area contributed by atoms with Gasteiger partial charge >= 0.3 is 6.09 Å². The number of nitrogens with one attached hydrogen (secondary N) is 1. The van der Waals surface area contributed by atoms with E-state index >= 15 is 0 Å². The Morgan fingerprint density at radius 2 is 1.28 bits per heavy atom. The van der Waals surface area contributed by atoms with Crippen molar-refractivity contribution in [3.05, 3.63) is 95.9 Å². The van der Waals surface area contributed by atoms with Gasteiger partial charge in [-0.3, -0.25) is 0 Å². The van der Waals surface area contributed by atoms with Gasteiger partial charge < -0.3 is 20.3 Å². The predicted molar refractivity (Wildman–Crippen MR) is 148 cm³/mol.